The Morgan fingerprint density at radius 1 is 0.818 bits per heavy atom. The molecule has 0 bridgehead atoms. The maximum Gasteiger partial charge on any atom is 0.119 e. The summed E-state index contributed by atoms with van der Waals surface area (Å²) in [5.74, 6) is 0.737. The highest BCUT2D eigenvalue weighted by Gasteiger charge is 2.15. The molecule has 2 aromatic heterocycles. The van der Waals surface area contributed by atoms with Crippen molar-refractivity contribution in [1.29, 1.82) is 0 Å². The van der Waals surface area contributed by atoms with Gasteiger partial charge in [-0.2, -0.15) is 0 Å². The van der Waals surface area contributed by atoms with Gasteiger partial charge in [0.15, 0.2) is 0 Å². The molecular formula is C28H21ClN2O2. The minimum absolute atomic E-state index is 0.149. The van der Waals surface area contributed by atoms with Crippen LogP contribution in [0.3, 0.4) is 0 Å². The number of rotatable bonds is 5. The number of benzene rings is 3. The summed E-state index contributed by atoms with van der Waals surface area (Å²) in [6.07, 6.45) is 3.57. The molecule has 0 saturated carbocycles. The van der Waals surface area contributed by atoms with Gasteiger partial charge in [0.25, 0.3) is 0 Å². The number of halogens is 1. The molecule has 0 amide bonds. The maximum atomic E-state index is 10.3. The number of methoxy groups -OCH3 is 1. The number of hydrogen-bond acceptors (Lipinski definition) is 4. The van der Waals surface area contributed by atoms with Crippen molar-refractivity contribution in [3.05, 3.63) is 102 Å². The van der Waals surface area contributed by atoms with Gasteiger partial charge < -0.3 is 9.84 Å². The lowest BCUT2D eigenvalue weighted by molar-refractivity contribution is 0.282. The Bertz CT molecular complexity index is 1450. The SMILES string of the molecule is COc1cccc(-c2nccc(-c3ccc4ncc(-c5ccccc5)c(Cl)c4c3)c2CO)c1. The average molecular weight is 453 g/mol. The predicted octanol–water partition coefficient (Wildman–Crippen LogP) is 6.79. The zero-order chi connectivity index (χ0) is 22.8. The van der Waals surface area contributed by atoms with Gasteiger partial charge in [-0.1, -0.05) is 60.1 Å². The molecule has 4 nitrogen and oxygen atoms in total. The van der Waals surface area contributed by atoms with E-state index in [1.54, 1.807) is 13.3 Å². The summed E-state index contributed by atoms with van der Waals surface area (Å²) in [7, 11) is 1.63. The Labute approximate surface area is 197 Å². The maximum absolute atomic E-state index is 10.3. The van der Waals surface area contributed by atoms with E-state index < -0.39 is 0 Å². The van der Waals surface area contributed by atoms with Crippen molar-refractivity contribution < 1.29 is 9.84 Å². The summed E-state index contributed by atoms with van der Waals surface area (Å²) >= 11 is 6.85. The highest BCUT2D eigenvalue weighted by atomic mass is 35.5. The highest BCUT2D eigenvalue weighted by molar-refractivity contribution is 6.38. The number of fused-ring (bicyclic) bond motifs is 1. The first kappa shape index (κ1) is 21.1. The first-order valence-corrected chi connectivity index (χ1v) is 10.9. The molecule has 5 aromatic rings. The molecule has 0 saturated heterocycles. The summed E-state index contributed by atoms with van der Waals surface area (Å²) in [4.78, 5) is 9.18. The third kappa shape index (κ3) is 3.95. The van der Waals surface area contributed by atoms with E-state index in [9.17, 15) is 5.11 Å². The van der Waals surface area contributed by atoms with Gasteiger partial charge in [-0.3, -0.25) is 9.97 Å². The summed E-state index contributed by atoms with van der Waals surface area (Å²) < 4.78 is 5.36. The molecule has 33 heavy (non-hydrogen) atoms. The summed E-state index contributed by atoms with van der Waals surface area (Å²) in [5, 5.41) is 11.8. The van der Waals surface area contributed by atoms with Gasteiger partial charge in [0.05, 0.1) is 29.9 Å². The fraction of sp³-hybridized carbons (Fsp3) is 0.0714. The molecule has 162 valence electrons. The molecule has 0 aliphatic rings. The topological polar surface area (TPSA) is 55.2 Å². The van der Waals surface area contributed by atoms with Crippen molar-refractivity contribution in [2.45, 2.75) is 6.61 Å². The van der Waals surface area contributed by atoms with E-state index in [1.165, 1.54) is 0 Å². The Morgan fingerprint density at radius 3 is 2.42 bits per heavy atom. The standard InChI is InChI=1S/C28H21ClN2O2/c1-33-21-9-5-8-20(14-21)28-25(17-32)22(12-13-30-28)19-10-11-26-23(15-19)27(29)24(16-31-26)18-6-3-2-4-7-18/h2-16,32H,17H2,1H3. The van der Waals surface area contributed by atoms with Gasteiger partial charge in [-0.05, 0) is 47.0 Å². The van der Waals surface area contributed by atoms with Gasteiger partial charge in [-0.15, -0.1) is 0 Å². The van der Waals surface area contributed by atoms with E-state index in [2.05, 4.69) is 9.97 Å². The fourth-order valence-corrected chi connectivity index (χ4v) is 4.40. The average Bonchev–Trinajstić information content (AvgIpc) is 2.89. The van der Waals surface area contributed by atoms with Crippen LogP contribution in [0.15, 0.2) is 91.3 Å². The lowest BCUT2D eigenvalue weighted by Crippen LogP contribution is -1.98. The number of pyridine rings is 2. The van der Waals surface area contributed by atoms with E-state index in [0.717, 1.165) is 55.7 Å². The van der Waals surface area contributed by atoms with Gasteiger partial charge >= 0.3 is 0 Å². The van der Waals surface area contributed by atoms with Gasteiger partial charge in [0.1, 0.15) is 5.75 Å². The van der Waals surface area contributed by atoms with Crippen LogP contribution in [0.2, 0.25) is 5.02 Å². The lowest BCUT2D eigenvalue weighted by Gasteiger charge is -2.14. The van der Waals surface area contributed by atoms with Crippen molar-refractivity contribution in [3.8, 4) is 39.3 Å². The predicted molar refractivity (Wildman–Crippen MR) is 133 cm³/mol. The number of aliphatic hydroxyl groups is 1. The van der Waals surface area contributed by atoms with Gasteiger partial charge in [0.2, 0.25) is 0 Å². The number of aliphatic hydroxyl groups excluding tert-OH is 1. The van der Waals surface area contributed by atoms with Crippen molar-refractivity contribution >= 4 is 22.5 Å². The van der Waals surface area contributed by atoms with E-state index in [-0.39, 0.29) is 6.61 Å². The molecule has 5 heteroatoms. The third-order valence-electron chi connectivity index (χ3n) is 5.76. The van der Waals surface area contributed by atoms with Crippen LogP contribution in [0.1, 0.15) is 5.56 Å². The second-order valence-corrected chi connectivity index (χ2v) is 8.04. The molecule has 0 aliphatic carbocycles. The largest absolute Gasteiger partial charge is 0.497 e. The molecule has 3 aromatic carbocycles. The van der Waals surface area contributed by atoms with Crippen LogP contribution < -0.4 is 4.74 Å². The molecule has 0 atom stereocenters. The van der Waals surface area contributed by atoms with Crippen LogP contribution in [0, 0.1) is 0 Å². The lowest BCUT2D eigenvalue weighted by atomic mass is 9.95. The van der Waals surface area contributed by atoms with Crippen LogP contribution in [0.4, 0.5) is 0 Å². The van der Waals surface area contributed by atoms with Gasteiger partial charge in [0, 0.05) is 34.5 Å². The van der Waals surface area contributed by atoms with E-state index in [1.807, 2.05) is 85.1 Å². The van der Waals surface area contributed by atoms with Crippen molar-refractivity contribution in [2.75, 3.05) is 7.11 Å². The normalized spacial score (nSPS) is 11.0. The Morgan fingerprint density at radius 2 is 1.64 bits per heavy atom. The number of aromatic nitrogens is 2. The van der Waals surface area contributed by atoms with Crippen molar-refractivity contribution in [3.63, 3.8) is 0 Å². The smallest absolute Gasteiger partial charge is 0.119 e. The molecule has 0 aliphatic heterocycles. The Kier molecular flexibility index (Phi) is 5.78. The molecule has 0 unspecified atom stereocenters. The van der Waals surface area contributed by atoms with Gasteiger partial charge in [-0.25, -0.2) is 0 Å². The zero-order valence-electron chi connectivity index (χ0n) is 18.0. The monoisotopic (exact) mass is 452 g/mol. The van der Waals surface area contributed by atoms with Crippen LogP contribution in [0.5, 0.6) is 5.75 Å². The van der Waals surface area contributed by atoms with Crippen LogP contribution in [-0.2, 0) is 6.61 Å². The third-order valence-corrected chi connectivity index (χ3v) is 6.16. The molecule has 2 heterocycles. The first-order valence-electron chi connectivity index (χ1n) is 10.6. The van der Waals surface area contributed by atoms with Crippen molar-refractivity contribution in [1.82, 2.24) is 9.97 Å². The quantitative estimate of drug-likeness (QED) is 0.319. The fourth-order valence-electron chi connectivity index (χ4n) is 4.09. The number of ether oxygens (including phenoxy) is 1. The molecule has 1 N–H and O–H groups in total. The molecule has 0 radical (unpaired) electrons. The minimum Gasteiger partial charge on any atom is -0.497 e. The second-order valence-electron chi connectivity index (χ2n) is 7.66. The second kappa shape index (κ2) is 9.02. The molecule has 5 rings (SSSR count). The summed E-state index contributed by atoms with van der Waals surface area (Å²) in [5.41, 5.74) is 6.90. The van der Waals surface area contributed by atoms with Crippen LogP contribution >= 0.6 is 11.6 Å². The Hall–Kier alpha value is -3.73. The van der Waals surface area contributed by atoms with E-state index in [4.69, 9.17) is 16.3 Å². The van der Waals surface area contributed by atoms with E-state index in [0.29, 0.717) is 5.02 Å². The highest BCUT2D eigenvalue weighted by Crippen LogP contribution is 2.37. The van der Waals surface area contributed by atoms with Crippen molar-refractivity contribution in [2.24, 2.45) is 0 Å². The molecule has 0 fully saturated rings. The molecular weight excluding hydrogens is 432 g/mol. The van der Waals surface area contributed by atoms with E-state index >= 15 is 0 Å². The van der Waals surface area contributed by atoms with Crippen LogP contribution in [-0.4, -0.2) is 22.2 Å². The first-order chi connectivity index (χ1) is 16.2. The van der Waals surface area contributed by atoms with Crippen LogP contribution in [0.25, 0.3) is 44.4 Å². The Balaban J connectivity index is 1.67. The summed E-state index contributed by atoms with van der Waals surface area (Å²) in [6, 6.07) is 25.6. The molecule has 0 spiro atoms. The minimum atomic E-state index is -0.149. The number of nitrogens with zero attached hydrogens (tertiary/aromatic N) is 2. The number of hydrogen-bond donors (Lipinski definition) is 1. The summed E-state index contributed by atoms with van der Waals surface area (Å²) in [6.45, 7) is -0.149. The zero-order valence-corrected chi connectivity index (χ0v) is 18.8.